The van der Waals surface area contributed by atoms with Gasteiger partial charge in [-0.1, -0.05) is 11.6 Å². The minimum Gasteiger partial charge on any atom is -0.486 e. The number of allylic oxidation sites excluding steroid dienone is 2. The number of likely N-dealkylation sites (tertiary alicyclic amines) is 1. The molecule has 2 fully saturated rings. The highest BCUT2D eigenvalue weighted by molar-refractivity contribution is 6.43. The van der Waals surface area contributed by atoms with Crippen LogP contribution < -0.4 is 15.4 Å². The number of amides is 1. The van der Waals surface area contributed by atoms with E-state index < -0.39 is 24.0 Å². The molecule has 1 aromatic carbocycles. The largest absolute Gasteiger partial charge is 0.486 e. The molecule has 2 saturated heterocycles. The second-order valence-corrected chi connectivity index (χ2v) is 8.41. The normalized spacial score (nSPS) is 26.2. The van der Waals surface area contributed by atoms with Gasteiger partial charge in [-0.15, -0.1) is 0 Å². The van der Waals surface area contributed by atoms with Gasteiger partial charge in [-0.25, -0.2) is 13.8 Å². The first-order valence-corrected chi connectivity index (χ1v) is 10.7. The maximum atomic E-state index is 14.2. The van der Waals surface area contributed by atoms with Gasteiger partial charge in [0.25, 0.3) is 5.91 Å². The second-order valence-electron chi connectivity index (χ2n) is 8.03. The van der Waals surface area contributed by atoms with Crippen LogP contribution >= 0.6 is 11.6 Å². The fraction of sp³-hybridized carbons (Fsp3) is 0.409. The Hall–Kier alpha value is -2.78. The first-order valence-electron chi connectivity index (χ1n) is 10.3. The van der Waals surface area contributed by atoms with E-state index in [-0.39, 0.29) is 36.7 Å². The lowest BCUT2D eigenvalue weighted by Crippen LogP contribution is -2.44. The minimum absolute atomic E-state index is 0.00685. The Bertz CT molecular complexity index is 1070. The number of nitrogens with one attached hydrogen (secondary N) is 3. The molecule has 4 rings (SSSR count). The maximum absolute atomic E-state index is 14.2. The van der Waals surface area contributed by atoms with Crippen LogP contribution in [0.2, 0.25) is 0 Å². The van der Waals surface area contributed by atoms with Gasteiger partial charge < -0.3 is 25.7 Å². The van der Waals surface area contributed by atoms with Crippen LogP contribution in [-0.2, 0) is 0 Å². The summed E-state index contributed by atoms with van der Waals surface area (Å²) in [6.45, 7) is 4.53. The molecule has 3 heterocycles. The van der Waals surface area contributed by atoms with Gasteiger partial charge in [-0.05, 0) is 38.9 Å². The number of aliphatic imine (C=N–C) groups is 1. The fourth-order valence-electron chi connectivity index (χ4n) is 3.91. The van der Waals surface area contributed by atoms with E-state index in [0.717, 1.165) is 11.8 Å². The molecule has 3 aliphatic heterocycles. The average Bonchev–Trinajstić information content (AvgIpc) is 3.14. The van der Waals surface area contributed by atoms with Crippen molar-refractivity contribution < 1.29 is 18.3 Å². The quantitative estimate of drug-likeness (QED) is 0.642. The number of benzene rings is 1. The summed E-state index contributed by atoms with van der Waals surface area (Å²) in [5, 5.41) is 14.9. The van der Waals surface area contributed by atoms with E-state index in [4.69, 9.17) is 21.7 Å². The van der Waals surface area contributed by atoms with E-state index >= 15 is 0 Å². The van der Waals surface area contributed by atoms with E-state index in [9.17, 15) is 13.6 Å². The summed E-state index contributed by atoms with van der Waals surface area (Å²) < 4.78 is 33.9. The molecule has 3 aliphatic rings. The number of hydrogen-bond donors (Lipinski definition) is 3. The van der Waals surface area contributed by atoms with E-state index in [2.05, 4.69) is 15.6 Å². The van der Waals surface area contributed by atoms with Crippen LogP contribution in [0.4, 0.5) is 8.78 Å². The molecule has 170 valence electrons. The monoisotopic (exact) mass is 463 g/mol. The molecule has 1 aromatic rings. The summed E-state index contributed by atoms with van der Waals surface area (Å²) in [5.74, 6) is -0.512. The minimum atomic E-state index is -1.26. The van der Waals surface area contributed by atoms with Crippen molar-refractivity contribution in [2.75, 3.05) is 26.2 Å². The van der Waals surface area contributed by atoms with Gasteiger partial charge in [0, 0.05) is 23.9 Å². The van der Waals surface area contributed by atoms with Gasteiger partial charge in [0.2, 0.25) is 0 Å². The van der Waals surface area contributed by atoms with Gasteiger partial charge >= 0.3 is 0 Å². The summed E-state index contributed by atoms with van der Waals surface area (Å²) in [5.41, 5.74) is 2.30. The van der Waals surface area contributed by atoms with Crippen LogP contribution in [0.3, 0.4) is 0 Å². The van der Waals surface area contributed by atoms with Crippen molar-refractivity contribution in [1.29, 1.82) is 5.41 Å². The Balaban J connectivity index is 1.58. The summed E-state index contributed by atoms with van der Waals surface area (Å²) in [4.78, 5) is 19.2. The number of alkyl halides is 1. The van der Waals surface area contributed by atoms with Crippen molar-refractivity contribution in [3.63, 3.8) is 0 Å². The van der Waals surface area contributed by atoms with Crippen molar-refractivity contribution in [1.82, 2.24) is 15.5 Å². The van der Waals surface area contributed by atoms with Gasteiger partial charge in [0.15, 0.2) is 0 Å². The Labute approximate surface area is 189 Å². The standard InChI is InChI=1S/C22H24ClF2N5O2/c1-11-20(23)12(2)29-21(28-11)15-9-30(10-17(15)26)22(31)14-4-3-13(24)7-19(14)32-18-5-6-27-8-16(18)25/h3-4,7,16,18,26-28H,5-6,8-10H2,1-2H3/b21-15+,26-17?/t16-,18-/m0/s1. The highest BCUT2D eigenvalue weighted by atomic mass is 35.5. The Morgan fingerprint density at radius 1 is 1.34 bits per heavy atom. The number of piperidine rings is 1. The van der Waals surface area contributed by atoms with Crippen LogP contribution in [0.25, 0.3) is 0 Å². The molecule has 32 heavy (non-hydrogen) atoms. The summed E-state index contributed by atoms with van der Waals surface area (Å²) in [6, 6.07) is 3.61. The smallest absolute Gasteiger partial charge is 0.258 e. The molecule has 2 atom stereocenters. The third kappa shape index (κ3) is 4.40. The predicted octanol–water partition coefficient (Wildman–Crippen LogP) is 3.13. The van der Waals surface area contributed by atoms with Gasteiger partial charge in [0.05, 0.1) is 35.1 Å². The number of nitrogens with zero attached hydrogens (tertiary/aromatic N) is 2. The van der Waals surface area contributed by atoms with Crippen LogP contribution in [0.15, 0.2) is 45.3 Å². The molecule has 7 nitrogen and oxygen atoms in total. The third-order valence-corrected chi connectivity index (χ3v) is 6.23. The van der Waals surface area contributed by atoms with Crippen LogP contribution in [0, 0.1) is 11.2 Å². The van der Waals surface area contributed by atoms with E-state index in [1.54, 1.807) is 6.92 Å². The molecule has 0 radical (unpaired) electrons. The van der Waals surface area contributed by atoms with E-state index in [1.807, 2.05) is 6.92 Å². The zero-order chi connectivity index (χ0) is 23.0. The van der Waals surface area contributed by atoms with Crippen molar-refractivity contribution in [3.8, 4) is 5.75 Å². The number of rotatable bonds is 3. The fourth-order valence-corrected chi connectivity index (χ4v) is 4.00. The van der Waals surface area contributed by atoms with Crippen molar-refractivity contribution in [3.05, 3.63) is 51.7 Å². The Kier molecular flexibility index (Phi) is 6.30. The average molecular weight is 464 g/mol. The molecule has 0 saturated carbocycles. The number of carbonyl (C=O) groups excluding carboxylic acids is 1. The highest BCUT2D eigenvalue weighted by Crippen LogP contribution is 2.28. The number of carbonyl (C=O) groups is 1. The molecule has 1 amide bonds. The summed E-state index contributed by atoms with van der Waals surface area (Å²) in [7, 11) is 0. The zero-order valence-corrected chi connectivity index (χ0v) is 18.5. The van der Waals surface area contributed by atoms with Crippen molar-refractivity contribution in [2.45, 2.75) is 32.5 Å². The summed E-state index contributed by atoms with van der Waals surface area (Å²) >= 11 is 6.18. The van der Waals surface area contributed by atoms with Gasteiger partial charge in [-0.3, -0.25) is 4.79 Å². The molecule has 0 spiro atoms. The van der Waals surface area contributed by atoms with Crippen molar-refractivity contribution in [2.24, 2.45) is 4.99 Å². The molecule has 10 heteroatoms. The molecular weight excluding hydrogens is 440 g/mol. The molecular formula is C22H24ClF2N5O2. The second kappa shape index (κ2) is 8.99. The van der Waals surface area contributed by atoms with Crippen LogP contribution in [0.1, 0.15) is 30.6 Å². The first-order chi connectivity index (χ1) is 15.2. The molecule has 3 N–H and O–H groups in total. The zero-order valence-electron chi connectivity index (χ0n) is 17.8. The molecule has 0 aliphatic carbocycles. The third-order valence-electron chi connectivity index (χ3n) is 5.67. The van der Waals surface area contributed by atoms with Crippen LogP contribution in [-0.4, -0.2) is 60.7 Å². The summed E-state index contributed by atoms with van der Waals surface area (Å²) in [6.07, 6.45) is -1.61. The van der Waals surface area contributed by atoms with Gasteiger partial charge in [-0.2, -0.15) is 0 Å². The Morgan fingerprint density at radius 3 is 2.84 bits per heavy atom. The molecule has 0 bridgehead atoms. The lowest BCUT2D eigenvalue weighted by Gasteiger charge is -2.28. The lowest BCUT2D eigenvalue weighted by molar-refractivity contribution is 0.0678. The topological polar surface area (TPSA) is 89.8 Å². The highest BCUT2D eigenvalue weighted by Gasteiger charge is 2.33. The number of hydrogen-bond acceptors (Lipinski definition) is 6. The van der Waals surface area contributed by atoms with Crippen molar-refractivity contribution >= 4 is 28.9 Å². The maximum Gasteiger partial charge on any atom is 0.258 e. The van der Waals surface area contributed by atoms with Gasteiger partial charge in [0.1, 0.15) is 29.7 Å². The number of ether oxygens (including phenoxy) is 1. The predicted molar refractivity (Wildman–Crippen MR) is 119 cm³/mol. The van der Waals surface area contributed by atoms with E-state index in [0.29, 0.717) is 35.1 Å². The SMILES string of the molecule is CC1=N/C(=C2\CN(C(=O)c3ccc(F)cc3O[C@H]3CCNC[C@@H]3F)CC2=N)NC(C)=C1Cl. The Morgan fingerprint density at radius 2 is 2.12 bits per heavy atom. The van der Waals surface area contributed by atoms with Crippen LogP contribution in [0.5, 0.6) is 5.75 Å². The first kappa shape index (κ1) is 22.4. The molecule has 0 unspecified atom stereocenters. The molecule has 0 aromatic heterocycles. The lowest BCUT2D eigenvalue weighted by atomic mass is 10.1. The van der Waals surface area contributed by atoms with E-state index in [1.165, 1.54) is 17.0 Å². The number of halogens is 3.